The second-order valence-electron chi connectivity index (χ2n) is 7.25. The van der Waals surface area contributed by atoms with Gasteiger partial charge in [-0.1, -0.05) is 28.1 Å². The van der Waals surface area contributed by atoms with Crippen LogP contribution in [0.3, 0.4) is 0 Å². The van der Waals surface area contributed by atoms with E-state index in [4.69, 9.17) is 4.42 Å². The quantitative estimate of drug-likeness (QED) is 0.522. The van der Waals surface area contributed by atoms with Crippen molar-refractivity contribution < 1.29 is 17.6 Å². The largest absolute Gasteiger partial charge is 0.419 e. The van der Waals surface area contributed by atoms with E-state index in [9.17, 15) is 13.2 Å². The molecule has 1 saturated heterocycles. The van der Waals surface area contributed by atoms with E-state index >= 15 is 0 Å². The van der Waals surface area contributed by atoms with Crippen LogP contribution >= 0.6 is 15.9 Å². The highest BCUT2D eigenvalue weighted by Gasteiger charge is 2.30. The third kappa shape index (κ3) is 5.27. The van der Waals surface area contributed by atoms with E-state index in [0.717, 1.165) is 53.9 Å². The van der Waals surface area contributed by atoms with Crippen LogP contribution in [0.2, 0.25) is 0 Å². The topological polar surface area (TPSA) is 45.4 Å². The molecule has 1 fully saturated rings. The van der Waals surface area contributed by atoms with Gasteiger partial charge in [-0.15, -0.1) is 10.2 Å². The van der Waals surface area contributed by atoms with E-state index in [2.05, 4.69) is 35.9 Å². The van der Waals surface area contributed by atoms with Crippen LogP contribution in [0, 0.1) is 0 Å². The lowest BCUT2D eigenvalue weighted by Crippen LogP contribution is -2.45. The minimum absolute atomic E-state index is 0.499. The van der Waals surface area contributed by atoms with Crippen molar-refractivity contribution in [1.82, 2.24) is 20.0 Å². The van der Waals surface area contributed by atoms with Crippen molar-refractivity contribution in [1.29, 1.82) is 0 Å². The number of nitrogens with zero attached hydrogens (tertiary/aromatic N) is 4. The van der Waals surface area contributed by atoms with Gasteiger partial charge in [0.1, 0.15) is 0 Å². The molecule has 0 atom stereocenters. The number of benzene rings is 2. The summed E-state index contributed by atoms with van der Waals surface area (Å²) in [6.45, 7) is 4.54. The zero-order valence-electron chi connectivity index (χ0n) is 16.1. The number of alkyl halides is 3. The zero-order chi connectivity index (χ0) is 21.1. The van der Waals surface area contributed by atoms with Gasteiger partial charge in [0.25, 0.3) is 0 Å². The highest BCUT2D eigenvalue weighted by molar-refractivity contribution is 9.10. The summed E-state index contributed by atoms with van der Waals surface area (Å²) in [5, 5.41) is 8.28. The van der Waals surface area contributed by atoms with Crippen molar-refractivity contribution in [3.63, 3.8) is 0 Å². The fourth-order valence-electron chi connectivity index (χ4n) is 3.38. The number of hydrogen-bond donors (Lipinski definition) is 0. The molecule has 9 heteroatoms. The van der Waals surface area contributed by atoms with Gasteiger partial charge in [-0.05, 0) is 42.0 Å². The zero-order valence-corrected chi connectivity index (χ0v) is 17.7. The standard InChI is InChI=1S/C21H20BrF3N4O/c22-18-7-3-16(4-8-18)20-27-26-19(30-20)14-29-11-9-28(10-12-29)13-15-1-5-17(6-2-15)21(23,24)25/h1-8H,9-14H2. The van der Waals surface area contributed by atoms with Crippen LogP contribution in [-0.4, -0.2) is 46.2 Å². The fraction of sp³-hybridized carbons (Fsp3) is 0.333. The Labute approximate surface area is 180 Å². The minimum atomic E-state index is -4.30. The van der Waals surface area contributed by atoms with Gasteiger partial charge in [-0.25, -0.2) is 0 Å². The van der Waals surface area contributed by atoms with Crippen LogP contribution in [-0.2, 0) is 19.3 Å². The van der Waals surface area contributed by atoms with Crippen molar-refractivity contribution in [3.8, 4) is 11.5 Å². The maximum absolute atomic E-state index is 12.7. The van der Waals surface area contributed by atoms with Crippen molar-refractivity contribution in [2.75, 3.05) is 26.2 Å². The summed E-state index contributed by atoms with van der Waals surface area (Å²) in [7, 11) is 0. The molecule has 2 heterocycles. The van der Waals surface area contributed by atoms with E-state index in [1.165, 1.54) is 0 Å². The molecule has 30 heavy (non-hydrogen) atoms. The summed E-state index contributed by atoms with van der Waals surface area (Å²) in [4.78, 5) is 4.47. The smallest absolute Gasteiger partial charge is 0.416 e. The summed E-state index contributed by atoms with van der Waals surface area (Å²) in [5.74, 6) is 1.07. The van der Waals surface area contributed by atoms with Gasteiger partial charge in [0, 0.05) is 42.8 Å². The molecule has 0 saturated carbocycles. The molecule has 2 aromatic carbocycles. The average Bonchev–Trinajstić information content (AvgIpc) is 3.18. The van der Waals surface area contributed by atoms with E-state index < -0.39 is 11.7 Å². The first-order valence-electron chi connectivity index (χ1n) is 9.56. The molecule has 1 aromatic heterocycles. The number of hydrogen-bond acceptors (Lipinski definition) is 5. The highest BCUT2D eigenvalue weighted by Crippen LogP contribution is 2.29. The van der Waals surface area contributed by atoms with Crippen LogP contribution in [0.25, 0.3) is 11.5 Å². The molecule has 3 aromatic rings. The molecular formula is C21H20BrF3N4O. The van der Waals surface area contributed by atoms with E-state index in [0.29, 0.717) is 24.9 Å². The molecule has 0 spiro atoms. The van der Waals surface area contributed by atoms with Gasteiger partial charge in [0.2, 0.25) is 11.8 Å². The highest BCUT2D eigenvalue weighted by atomic mass is 79.9. The van der Waals surface area contributed by atoms with E-state index in [1.807, 2.05) is 24.3 Å². The number of halogens is 4. The third-order valence-corrected chi connectivity index (χ3v) is 5.60. The van der Waals surface area contributed by atoms with Crippen LogP contribution in [0.1, 0.15) is 17.0 Å². The van der Waals surface area contributed by atoms with E-state index in [-0.39, 0.29) is 0 Å². The Kier molecular flexibility index (Phi) is 6.21. The Bertz CT molecular complexity index is 965. The SMILES string of the molecule is FC(F)(F)c1ccc(CN2CCN(Cc3nnc(-c4ccc(Br)cc4)o3)CC2)cc1. The summed E-state index contributed by atoms with van der Waals surface area (Å²) in [6, 6.07) is 13.1. The second-order valence-corrected chi connectivity index (χ2v) is 8.17. The lowest BCUT2D eigenvalue weighted by molar-refractivity contribution is -0.137. The van der Waals surface area contributed by atoms with Crippen LogP contribution < -0.4 is 0 Å². The van der Waals surface area contributed by atoms with E-state index in [1.54, 1.807) is 12.1 Å². The summed E-state index contributed by atoms with van der Waals surface area (Å²) >= 11 is 3.40. The Morgan fingerprint density at radius 2 is 1.43 bits per heavy atom. The molecule has 0 amide bonds. The van der Waals surface area contributed by atoms with Gasteiger partial charge < -0.3 is 4.42 Å². The Hall–Kier alpha value is -2.23. The average molecular weight is 481 g/mol. The lowest BCUT2D eigenvalue weighted by atomic mass is 10.1. The van der Waals surface area contributed by atoms with Gasteiger partial charge in [-0.2, -0.15) is 13.2 Å². The van der Waals surface area contributed by atoms with Crippen molar-refractivity contribution in [3.05, 3.63) is 70.0 Å². The lowest BCUT2D eigenvalue weighted by Gasteiger charge is -2.34. The molecule has 158 valence electrons. The maximum atomic E-state index is 12.7. The Morgan fingerprint density at radius 1 is 0.833 bits per heavy atom. The number of rotatable bonds is 5. The number of aromatic nitrogens is 2. The fourth-order valence-corrected chi connectivity index (χ4v) is 3.65. The van der Waals surface area contributed by atoms with Crippen LogP contribution in [0.5, 0.6) is 0 Å². The molecule has 0 unspecified atom stereocenters. The molecule has 0 aliphatic carbocycles. The monoisotopic (exact) mass is 480 g/mol. The van der Waals surface area contributed by atoms with Crippen molar-refractivity contribution in [2.45, 2.75) is 19.3 Å². The van der Waals surface area contributed by atoms with Crippen LogP contribution in [0.15, 0.2) is 57.4 Å². The Balaban J connectivity index is 1.27. The molecule has 0 bridgehead atoms. The van der Waals surface area contributed by atoms with Gasteiger partial charge in [-0.3, -0.25) is 9.80 Å². The van der Waals surface area contributed by atoms with Gasteiger partial charge in [0.05, 0.1) is 12.1 Å². The predicted octanol–water partition coefficient (Wildman–Crippen LogP) is 4.84. The second kappa shape index (κ2) is 8.87. The first kappa shape index (κ1) is 21.0. The summed E-state index contributed by atoms with van der Waals surface area (Å²) in [6.07, 6.45) is -4.30. The summed E-state index contributed by atoms with van der Waals surface area (Å²) in [5.41, 5.74) is 1.14. The summed E-state index contributed by atoms with van der Waals surface area (Å²) < 4.78 is 44.8. The molecule has 1 aliphatic rings. The first-order valence-corrected chi connectivity index (χ1v) is 10.4. The maximum Gasteiger partial charge on any atom is 0.416 e. The van der Waals surface area contributed by atoms with Crippen LogP contribution in [0.4, 0.5) is 13.2 Å². The molecular weight excluding hydrogens is 461 g/mol. The van der Waals surface area contributed by atoms with Crippen molar-refractivity contribution >= 4 is 15.9 Å². The Morgan fingerprint density at radius 3 is 2.03 bits per heavy atom. The normalized spacial score (nSPS) is 16.1. The van der Waals surface area contributed by atoms with Gasteiger partial charge in [0.15, 0.2) is 0 Å². The predicted molar refractivity (Wildman–Crippen MR) is 109 cm³/mol. The third-order valence-electron chi connectivity index (χ3n) is 5.07. The molecule has 0 radical (unpaired) electrons. The molecule has 1 aliphatic heterocycles. The first-order chi connectivity index (χ1) is 14.4. The van der Waals surface area contributed by atoms with Crippen molar-refractivity contribution in [2.24, 2.45) is 0 Å². The minimum Gasteiger partial charge on any atom is -0.419 e. The van der Waals surface area contributed by atoms with Gasteiger partial charge >= 0.3 is 6.18 Å². The molecule has 0 N–H and O–H groups in total. The molecule has 4 rings (SSSR count). The molecule has 5 nitrogen and oxygen atoms in total. The number of piperazine rings is 1.